The predicted molar refractivity (Wildman–Crippen MR) is 184 cm³/mol. The lowest BCUT2D eigenvalue weighted by atomic mass is 9.45. The first-order valence-electron chi connectivity index (χ1n) is 18.4. The first-order chi connectivity index (χ1) is 23.3. The van der Waals surface area contributed by atoms with Gasteiger partial charge in [0.1, 0.15) is 11.3 Å². The Morgan fingerprint density at radius 2 is 1.90 bits per heavy atom. The normalized spacial score (nSPS) is 37.4. The Kier molecular flexibility index (Phi) is 7.74. The van der Waals surface area contributed by atoms with E-state index in [1.54, 1.807) is 0 Å². The quantitative estimate of drug-likeness (QED) is 0.406. The lowest BCUT2D eigenvalue weighted by Gasteiger charge is -2.60. The van der Waals surface area contributed by atoms with Crippen molar-refractivity contribution in [3.05, 3.63) is 45.5 Å². The molecule has 2 heterocycles. The molecule has 9 nitrogen and oxygen atoms in total. The number of nitrogens with zero attached hydrogens (tertiary/aromatic N) is 2. The number of fused-ring (bicyclic) bond motifs is 6. The Hall–Kier alpha value is -3.08. The average molecular weight is 676 g/mol. The summed E-state index contributed by atoms with van der Waals surface area (Å²) >= 11 is 0. The zero-order valence-electron chi connectivity index (χ0n) is 29.2. The topological polar surface area (TPSA) is 121 Å². The fourth-order valence-corrected chi connectivity index (χ4v) is 11.4. The maximum atomic E-state index is 15.8. The van der Waals surface area contributed by atoms with Gasteiger partial charge in [-0.25, -0.2) is 4.39 Å². The Morgan fingerprint density at radius 1 is 1.12 bits per heavy atom. The highest BCUT2D eigenvalue weighted by atomic mass is 19.1. The second kappa shape index (κ2) is 11.5. The largest absolute Gasteiger partial charge is 0.492 e. The van der Waals surface area contributed by atoms with Gasteiger partial charge < -0.3 is 29.7 Å². The zero-order valence-corrected chi connectivity index (χ0v) is 29.2. The Balaban J connectivity index is 1.16. The van der Waals surface area contributed by atoms with E-state index in [1.165, 1.54) is 19.2 Å². The van der Waals surface area contributed by atoms with Gasteiger partial charge in [-0.3, -0.25) is 14.4 Å². The summed E-state index contributed by atoms with van der Waals surface area (Å²) in [7, 11) is 1.50. The molecule has 1 saturated heterocycles. The highest BCUT2D eigenvalue weighted by Gasteiger charge is 2.68. The second-order valence-electron chi connectivity index (χ2n) is 16.6. The van der Waals surface area contributed by atoms with Gasteiger partial charge in [0, 0.05) is 61.7 Å². The van der Waals surface area contributed by atoms with E-state index in [4.69, 9.17) is 4.74 Å². The number of carbonyl (C=O) groups is 2. The third-order valence-electron chi connectivity index (χ3n) is 13.9. The number of methoxy groups -OCH3 is 1. The molecule has 2 aromatic rings. The monoisotopic (exact) mass is 675 g/mol. The van der Waals surface area contributed by atoms with E-state index >= 15 is 4.39 Å². The van der Waals surface area contributed by atoms with Crippen LogP contribution in [0.2, 0.25) is 0 Å². The molecular formula is C39H50FN3O6. The van der Waals surface area contributed by atoms with Gasteiger partial charge in [0.25, 0.3) is 0 Å². The van der Waals surface area contributed by atoms with E-state index in [1.807, 2.05) is 29.4 Å². The van der Waals surface area contributed by atoms with Crippen LogP contribution in [0.25, 0.3) is 10.9 Å². The van der Waals surface area contributed by atoms with Crippen molar-refractivity contribution in [2.75, 3.05) is 31.6 Å². The lowest BCUT2D eigenvalue weighted by Crippen LogP contribution is -2.61. The fraction of sp³-hybridized carbons (Fsp3) is 0.667. The molecule has 1 aromatic heterocycles. The Morgan fingerprint density at radius 3 is 2.61 bits per heavy atom. The molecule has 1 unspecified atom stereocenters. The van der Waals surface area contributed by atoms with Crippen LogP contribution in [0.15, 0.2) is 28.6 Å². The SMILES string of the molecule is COc1c(N2CCNC(C)C2)c(F)cc2c(=O)cc(CC(=O)[C@]3(O)CC[C@@H]4[C@H]5CCC6=CC(=O)CC[C@@]6(C)[C@@H]5[C@H](O)C[C@]43C)n(C3CC3)c12. The summed E-state index contributed by atoms with van der Waals surface area (Å²) in [6, 6.07) is 2.95. The molecule has 8 rings (SSSR count). The third-order valence-corrected chi connectivity index (χ3v) is 13.9. The van der Waals surface area contributed by atoms with E-state index in [9.17, 15) is 24.6 Å². The molecule has 4 saturated carbocycles. The van der Waals surface area contributed by atoms with Crippen LogP contribution in [-0.2, 0) is 16.0 Å². The number of aliphatic hydroxyl groups excluding tert-OH is 1. The number of ether oxygens (including phenoxy) is 1. The van der Waals surface area contributed by atoms with E-state index in [0.29, 0.717) is 68.0 Å². The average Bonchev–Trinajstić information content (AvgIpc) is 3.85. The minimum Gasteiger partial charge on any atom is -0.492 e. The summed E-state index contributed by atoms with van der Waals surface area (Å²) in [6.07, 6.45) is 6.84. The molecule has 5 aliphatic carbocycles. The first kappa shape index (κ1) is 33.1. The molecule has 0 amide bonds. The molecule has 0 radical (unpaired) electrons. The summed E-state index contributed by atoms with van der Waals surface area (Å²) < 4.78 is 23.8. The number of nitrogens with one attached hydrogen (secondary N) is 1. The molecule has 1 aromatic carbocycles. The Bertz CT molecular complexity index is 1830. The number of halogens is 1. The summed E-state index contributed by atoms with van der Waals surface area (Å²) in [5, 5.41) is 28.0. The van der Waals surface area contributed by atoms with Crippen molar-refractivity contribution in [1.29, 1.82) is 0 Å². The standard InChI is InChI=1S/C39H50FN3O6/c1-21-20-42(14-13-41-21)35-29(40)18-27-30(45)16-24(43(23-6-7-23)34(27)36(35)49-4)17-32(47)39(48)12-10-28-26-8-5-22-15-25(44)9-11-37(22,2)33(26)31(46)19-38(28,39)3/h15-16,18,21,23,26,28,31,33,41,46,48H,5-14,17,19-20H2,1-4H3/t21?,26-,28-,31-,33+,37-,38-,39-/m1/s1. The smallest absolute Gasteiger partial charge is 0.189 e. The fourth-order valence-electron chi connectivity index (χ4n) is 11.4. The van der Waals surface area contributed by atoms with Crippen LogP contribution in [0.3, 0.4) is 0 Å². The number of hydrogen-bond acceptors (Lipinski definition) is 8. The van der Waals surface area contributed by atoms with Gasteiger partial charge in [0.05, 0.1) is 24.1 Å². The van der Waals surface area contributed by atoms with Gasteiger partial charge in [-0.2, -0.15) is 0 Å². The molecule has 49 heavy (non-hydrogen) atoms. The second-order valence-corrected chi connectivity index (χ2v) is 16.6. The Labute approximate surface area is 286 Å². The molecule has 6 aliphatic rings. The minimum absolute atomic E-state index is 0.0163. The molecule has 0 bridgehead atoms. The third kappa shape index (κ3) is 4.83. The number of ketones is 2. The van der Waals surface area contributed by atoms with Crippen molar-refractivity contribution in [1.82, 2.24) is 9.88 Å². The van der Waals surface area contributed by atoms with Crippen molar-refractivity contribution in [2.45, 2.75) is 109 Å². The maximum Gasteiger partial charge on any atom is 0.189 e. The van der Waals surface area contributed by atoms with Gasteiger partial charge in [0.2, 0.25) is 0 Å². The minimum atomic E-state index is -1.67. The summed E-state index contributed by atoms with van der Waals surface area (Å²) in [4.78, 5) is 42.6. The van der Waals surface area contributed by atoms with Gasteiger partial charge in [-0.15, -0.1) is 0 Å². The van der Waals surface area contributed by atoms with Crippen LogP contribution in [0, 0.1) is 34.4 Å². The molecule has 5 fully saturated rings. The van der Waals surface area contributed by atoms with Crippen LogP contribution in [0.4, 0.5) is 10.1 Å². The number of rotatable bonds is 6. The molecule has 0 spiro atoms. The number of piperazine rings is 1. The number of carbonyl (C=O) groups excluding carboxylic acids is 2. The van der Waals surface area contributed by atoms with Gasteiger partial charge in [0.15, 0.2) is 28.6 Å². The van der Waals surface area contributed by atoms with Crippen LogP contribution in [0.5, 0.6) is 5.75 Å². The number of Topliss-reactive ketones (excluding diaryl/α,β-unsaturated/α-hetero) is 1. The number of aromatic nitrogens is 1. The highest BCUT2D eigenvalue weighted by Crippen LogP contribution is 2.67. The molecule has 10 heteroatoms. The van der Waals surface area contributed by atoms with Gasteiger partial charge in [-0.1, -0.05) is 19.4 Å². The number of aliphatic hydroxyl groups is 2. The number of pyridine rings is 1. The van der Waals surface area contributed by atoms with Crippen molar-refractivity contribution < 1.29 is 28.9 Å². The number of hydrogen-bond donors (Lipinski definition) is 3. The predicted octanol–water partition coefficient (Wildman–Crippen LogP) is 4.63. The molecule has 1 aliphatic heterocycles. The number of allylic oxidation sites excluding steroid dienone is 1. The van der Waals surface area contributed by atoms with Crippen LogP contribution in [-0.4, -0.2) is 70.8 Å². The zero-order chi connectivity index (χ0) is 34.6. The van der Waals surface area contributed by atoms with Gasteiger partial charge >= 0.3 is 0 Å². The van der Waals surface area contributed by atoms with Crippen LogP contribution in [0.1, 0.15) is 90.3 Å². The number of benzene rings is 1. The van der Waals surface area contributed by atoms with Crippen molar-refractivity contribution >= 4 is 28.2 Å². The summed E-state index contributed by atoms with van der Waals surface area (Å²) in [6.45, 7) is 8.10. The van der Waals surface area contributed by atoms with Crippen LogP contribution < -0.4 is 20.4 Å². The molecular weight excluding hydrogens is 625 g/mol. The van der Waals surface area contributed by atoms with E-state index < -0.39 is 22.9 Å². The van der Waals surface area contributed by atoms with Crippen molar-refractivity contribution in [3.8, 4) is 5.75 Å². The molecule has 264 valence electrons. The number of anilines is 1. The van der Waals surface area contributed by atoms with Gasteiger partial charge in [-0.05, 0) is 93.6 Å². The molecule has 3 N–H and O–H groups in total. The summed E-state index contributed by atoms with van der Waals surface area (Å²) in [5.41, 5.74) is -0.639. The van der Waals surface area contributed by atoms with E-state index in [0.717, 1.165) is 37.7 Å². The lowest BCUT2D eigenvalue weighted by molar-refractivity contribution is -0.180. The van der Waals surface area contributed by atoms with Crippen LogP contribution >= 0.6 is 0 Å². The first-order valence-corrected chi connectivity index (χ1v) is 18.4. The maximum absolute atomic E-state index is 15.8. The summed E-state index contributed by atoms with van der Waals surface area (Å²) in [5.74, 6) is -0.190. The molecule has 8 atom stereocenters. The van der Waals surface area contributed by atoms with E-state index in [-0.39, 0.29) is 64.1 Å². The van der Waals surface area contributed by atoms with Crippen molar-refractivity contribution in [2.24, 2.45) is 28.6 Å². The van der Waals surface area contributed by atoms with E-state index in [2.05, 4.69) is 12.2 Å². The highest BCUT2D eigenvalue weighted by molar-refractivity contribution is 5.94. The van der Waals surface area contributed by atoms with Crippen molar-refractivity contribution in [3.63, 3.8) is 0 Å².